The maximum absolute atomic E-state index is 11.8. The van der Waals surface area contributed by atoms with Crippen LogP contribution in [0.15, 0.2) is 22.7 Å². The number of halogens is 1. The molecule has 0 saturated carbocycles. The summed E-state index contributed by atoms with van der Waals surface area (Å²) in [5.41, 5.74) is 1.77. The van der Waals surface area contributed by atoms with Crippen LogP contribution in [0.4, 0.5) is 5.69 Å². The number of thioether (sulfide) groups is 1. The molecule has 1 amide bonds. The molecule has 1 aromatic rings. The van der Waals surface area contributed by atoms with Gasteiger partial charge in [0, 0.05) is 4.47 Å². The monoisotopic (exact) mass is 345 g/mol. The number of aryl methyl sites for hydroxylation is 1. The number of hydrogen-bond donors (Lipinski definition) is 2. The Bertz CT molecular complexity index is 503. The van der Waals surface area contributed by atoms with Gasteiger partial charge in [0.2, 0.25) is 5.91 Å². The van der Waals surface area contributed by atoms with Crippen LogP contribution >= 0.6 is 27.7 Å². The van der Waals surface area contributed by atoms with E-state index in [1.807, 2.05) is 25.1 Å². The predicted octanol–water partition coefficient (Wildman–Crippen LogP) is 3.29. The van der Waals surface area contributed by atoms with Crippen molar-refractivity contribution in [2.45, 2.75) is 25.5 Å². The van der Waals surface area contributed by atoms with E-state index in [2.05, 4.69) is 21.2 Å². The minimum atomic E-state index is -0.970. The van der Waals surface area contributed by atoms with Gasteiger partial charge >= 0.3 is 5.97 Å². The summed E-state index contributed by atoms with van der Waals surface area (Å²) in [6.07, 6.45) is 0. The van der Waals surface area contributed by atoms with E-state index in [1.54, 1.807) is 13.8 Å². The molecule has 4 nitrogen and oxygen atoms in total. The molecule has 0 aliphatic heterocycles. The third-order valence-corrected chi connectivity index (χ3v) is 4.44. The first-order valence-corrected chi connectivity index (χ1v) is 7.43. The molecule has 0 heterocycles. The molecule has 0 unspecified atom stereocenters. The molecule has 104 valence electrons. The number of anilines is 1. The Labute approximate surface area is 125 Å². The zero-order chi connectivity index (χ0) is 14.6. The highest BCUT2D eigenvalue weighted by Gasteiger charge is 2.28. The Morgan fingerprint density at radius 3 is 2.58 bits per heavy atom. The van der Waals surface area contributed by atoms with E-state index >= 15 is 0 Å². The SMILES string of the molecule is Cc1ccc(NC(=O)CSC(C)(C)C(=O)O)c(Br)c1. The van der Waals surface area contributed by atoms with Crippen LogP contribution in [0.1, 0.15) is 19.4 Å². The lowest BCUT2D eigenvalue weighted by Crippen LogP contribution is -2.29. The number of aliphatic carboxylic acids is 1. The van der Waals surface area contributed by atoms with Gasteiger partial charge in [-0.25, -0.2) is 0 Å². The van der Waals surface area contributed by atoms with E-state index < -0.39 is 10.7 Å². The van der Waals surface area contributed by atoms with Crippen LogP contribution in [0.2, 0.25) is 0 Å². The largest absolute Gasteiger partial charge is 0.480 e. The Kier molecular flexibility index (Phi) is 5.43. The van der Waals surface area contributed by atoms with E-state index in [-0.39, 0.29) is 11.7 Å². The fourth-order valence-corrected chi connectivity index (χ4v) is 2.50. The molecule has 1 rings (SSSR count). The number of nitrogens with one attached hydrogen (secondary N) is 1. The van der Waals surface area contributed by atoms with Crippen LogP contribution in [0, 0.1) is 6.92 Å². The average Bonchev–Trinajstić information content (AvgIpc) is 2.30. The van der Waals surface area contributed by atoms with Crippen molar-refractivity contribution in [1.82, 2.24) is 0 Å². The second-order valence-corrected chi connectivity index (χ2v) is 7.09. The predicted molar refractivity (Wildman–Crippen MR) is 81.7 cm³/mol. The first kappa shape index (κ1) is 16.0. The lowest BCUT2D eigenvalue weighted by Gasteiger charge is -2.18. The molecule has 0 aliphatic rings. The Morgan fingerprint density at radius 2 is 2.05 bits per heavy atom. The summed E-state index contributed by atoms with van der Waals surface area (Å²) in [6.45, 7) is 5.12. The molecule has 0 aromatic heterocycles. The number of carboxylic acids is 1. The van der Waals surface area contributed by atoms with Gasteiger partial charge in [-0.2, -0.15) is 0 Å². The topological polar surface area (TPSA) is 66.4 Å². The zero-order valence-electron chi connectivity index (χ0n) is 11.0. The van der Waals surface area contributed by atoms with Gasteiger partial charge in [-0.3, -0.25) is 9.59 Å². The molecular formula is C13H16BrNO3S. The highest BCUT2D eigenvalue weighted by atomic mass is 79.9. The average molecular weight is 346 g/mol. The summed E-state index contributed by atoms with van der Waals surface area (Å²) >= 11 is 4.47. The van der Waals surface area contributed by atoms with Crippen LogP contribution in [-0.4, -0.2) is 27.5 Å². The molecule has 0 saturated heterocycles. The summed E-state index contributed by atoms with van der Waals surface area (Å²) in [6, 6.07) is 5.61. The third kappa shape index (κ3) is 4.87. The van der Waals surface area contributed by atoms with Gasteiger partial charge in [-0.1, -0.05) is 6.07 Å². The number of rotatable bonds is 5. The van der Waals surface area contributed by atoms with Gasteiger partial charge < -0.3 is 10.4 Å². The zero-order valence-corrected chi connectivity index (χ0v) is 13.4. The maximum Gasteiger partial charge on any atom is 0.319 e. The summed E-state index contributed by atoms with van der Waals surface area (Å²) in [5, 5.41) is 11.7. The van der Waals surface area contributed by atoms with E-state index in [9.17, 15) is 9.59 Å². The molecule has 0 atom stereocenters. The number of amides is 1. The van der Waals surface area contributed by atoms with Crippen molar-refractivity contribution in [3.63, 3.8) is 0 Å². The van der Waals surface area contributed by atoms with Gasteiger partial charge in [0.1, 0.15) is 4.75 Å². The van der Waals surface area contributed by atoms with Gasteiger partial charge in [-0.15, -0.1) is 11.8 Å². The minimum Gasteiger partial charge on any atom is -0.480 e. The summed E-state index contributed by atoms with van der Waals surface area (Å²) in [5.74, 6) is -1.05. The fourth-order valence-electron chi connectivity index (χ4n) is 1.22. The molecule has 0 fully saturated rings. The standard InChI is InChI=1S/C13H16BrNO3S/c1-8-4-5-10(9(14)6-8)15-11(16)7-19-13(2,3)12(17)18/h4-6H,7H2,1-3H3,(H,15,16)(H,17,18). The van der Waals surface area contributed by atoms with Crippen LogP contribution in [0.5, 0.6) is 0 Å². The Hall–Kier alpha value is -1.01. The Morgan fingerprint density at radius 1 is 1.42 bits per heavy atom. The van der Waals surface area contributed by atoms with E-state index in [1.165, 1.54) is 0 Å². The number of carbonyl (C=O) groups excluding carboxylic acids is 1. The third-order valence-electron chi connectivity index (χ3n) is 2.48. The van der Waals surface area contributed by atoms with Crippen molar-refractivity contribution in [1.29, 1.82) is 0 Å². The summed E-state index contributed by atoms with van der Waals surface area (Å²) in [7, 11) is 0. The van der Waals surface area contributed by atoms with Crippen molar-refractivity contribution in [3.05, 3.63) is 28.2 Å². The van der Waals surface area contributed by atoms with Crippen LogP contribution < -0.4 is 5.32 Å². The van der Waals surface area contributed by atoms with E-state index in [0.29, 0.717) is 5.69 Å². The lowest BCUT2D eigenvalue weighted by molar-refractivity contribution is -0.138. The van der Waals surface area contributed by atoms with Crippen LogP contribution in [0.3, 0.4) is 0 Å². The van der Waals surface area contributed by atoms with Crippen LogP contribution in [0.25, 0.3) is 0 Å². The van der Waals surface area contributed by atoms with E-state index in [0.717, 1.165) is 21.8 Å². The number of carbonyl (C=O) groups is 2. The highest BCUT2D eigenvalue weighted by Crippen LogP contribution is 2.26. The molecule has 0 radical (unpaired) electrons. The molecule has 2 N–H and O–H groups in total. The molecule has 19 heavy (non-hydrogen) atoms. The smallest absolute Gasteiger partial charge is 0.319 e. The van der Waals surface area contributed by atoms with Crippen LogP contribution in [-0.2, 0) is 9.59 Å². The first-order valence-electron chi connectivity index (χ1n) is 5.66. The summed E-state index contributed by atoms with van der Waals surface area (Å²) in [4.78, 5) is 22.7. The number of hydrogen-bond acceptors (Lipinski definition) is 3. The molecular weight excluding hydrogens is 330 g/mol. The second kappa shape index (κ2) is 6.43. The van der Waals surface area contributed by atoms with Crippen molar-refractivity contribution < 1.29 is 14.7 Å². The fraction of sp³-hybridized carbons (Fsp3) is 0.385. The molecule has 0 spiro atoms. The maximum atomic E-state index is 11.8. The minimum absolute atomic E-state index is 0.0968. The number of carboxylic acid groups (broad SMARTS) is 1. The van der Waals surface area contributed by atoms with Crippen molar-refractivity contribution in [2.75, 3.05) is 11.1 Å². The van der Waals surface area contributed by atoms with Crippen molar-refractivity contribution >= 4 is 45.3 Å². The Balaban J connectivity index is 2.59. The van der Waals surface area contributed by atoms with Crippen molar-refractivity contribution in [3.8, 4) is 0 Å². The van der Waals surface area contributed by atoms with E-state index in [4.69, 9.17) is 5.11 Å². The molecule has 6 heteroatoms. The highest BCUT2D eigenvalue weighted by molar-refractivity contribution is 9.10. The lowest BCUT2D eigenvalue weighted by atomic mass is 10.2. The quantitative estimate of drug-likeness (QED) is 0.859. The molecule has 0 aliphatic carbocycles. The second-order valence-electron chi connectivity index (χ2n) is 4.64. The van der Waals surface area contributed by atoms with Gasteiger partial charge in [0.05, 0.1) is 11.4 Å². The first-order chi connectivity index (χ1) is 8.72. The van der Waals surface area contributed by atoms with Gasteiger partial charge in [0.25, 0.3) is 0 Å². The van der Waals surface area contributed by atoms with Crippen molar-refractivity contribution in [2.24, 2.45) is 0 Å². The van der Waals surface area contributed by atoms with Gasteiger partial charge in [-0.05, 0) is 54.4 Å². The summed E-state index contributed by atoms with van der Waals surface area (Å²) < 4.78 is -0.162. The number of benzene rings is 1. The van der Waals surface area contributed by atoms with Gasteiger partial charge in [0.15, 0.2) is 0 Å². The molecule has 1 aromatic carbocycles. The molecule has 0 bridgehead atoms. The normalized spacial score (nSPS) is 11.2.